The number of ether oxygens (including phenoxy) is 1. The third-order valence-corrected chi connectivity index (χ3v) is 4.90. The Balaban J connectivity index is 2.01. The highest BCUT2D eigenvalue weighted by Gasteiger charge is 2.45. The second kappa shape index (κ2) is 5.21. The average molecular weight is 273 g/mol. The summed E-state index contributed by atoms with van der Waals surface area (Å²) in [5, 5.41) is 0. The molecule has 3 rings (SSSR count). The maximum atomic E-state index is 11.5. The summed E-state index contributed by atoms with van der Waals surface area (Å²) in [5.41, 5.74) is 2.81. The van der Waals surface area contributed by atoms with Gasteiger partial charge in [-0.2, -0.15) is 0 Å². The smallest absolute Gasteiger partial charge is 0.302 e. The van der Waals surface area contributed by atoms with E-state index in [0.717, 1.165) is 19.4 Å². The Bertz CT molecular complexity index is 513. The van der Waals surface area contributed by atoms with Crippen molar-refractivity contribution < 1.29 is 9.53 Å². The molecule has 1 aliphatic carbocycles. The molecule has 0 radical (unpaired) electrons. The van der Waals surface area contributed by atoms with Gasteiger partial charge in [0, 0.05) is 31.3 Å². The molecule has 1 heterocycles. The minimum Gasteiger partial charge on any atom is -0.462 e. The molecule has 0 spiro atoms. The Morgan fingerprint density at radius 2 is 2.10 bits per heavy atom. The number of likely N-dealkylation sites (tertiary alicyclic amines) is 1. The van der Waals surface area contributed by atoms with E-state index in [2.05, 4.69) is 43.1 Å². The van der Waals surface area contributed by atoms with Crippen LogP contribution in [0, 0.1) is 5.92 Å². The van der Waals surface area contributed by atoms with Gasteiger partial charge in [-0.3, -0.25) is 4.79 Å². The molecule has 0 saturated carbocycles. The van der Waals surface area contributed by atoms with Crippen molar-refractivity contribution in [3.8, 4) is 0 Å². The summed E-state index contributed by atoms with van der Waals surface area (Å²) in [6.07, 6.45) is 2.29. The number of rotatable bonds is 1. The van der Waals surface area contributed by atoms with Crippen molar-refractivity contribution in [2.75, 3.05) is 13.6 Å². The van der Waals surface area contributed by atoms with Crippen LogP contribution in [0.15, 0.2) is 24.3 Å². The van der Waals surface area contributed by atoms with Crippen LogP contribution < -0.4 is 0 Å². The van der Waals surface area contributed by atoms with Crippen LogP contribution in [0.5, 0.6) is 0 Å². The van der Waals surface area contributed by atoms with Crippen LogP contribution >= 0.6 is 0 Å². The third kappa shape index (κ3) is 2.24. The van der Waals surface area contributed by atoms with Crippen molar-refractivity contribution in [1.82, 2.24) is 4.90 Å². The highest BCUT2D eigenvalue weighted by atomic mass is 16.5. The Hall–Kier alpha value is -1.35. The van der Waals surface area contributed by atoms with Crippen LogP contribution in [0.1, 0.15) is 37.3 Å². The Morgan fingerprint density at radius 1 is 1.35 bits per heavy atom. The van der Waals surface area contributed by atoms with E-state index in [1.54, 1.807) is 0 Å². The first-order valence-electron chi connectivity index (χ1n) is 7.53. The van der Waals surface area contributed by atoms with Crippen LogP contribution in [0.4, 0.5) is 0 Å². The number of hydrogen-bond acceptors (Lipinski definition) is 3. The maximum Gasteiger partial charge on any atom is 0.302 e. The van der Waals surface area contributed by atoms with Crippen molar-refractivity contribution in [3.63, 3.8) is 0 Å². The Morgan fingerprint density at radius 3 is 2.85 bits per heavy atom. The number of aryl methyl sites for hydroxylation is 1. The molecule has 3 nitrogen and oxygen atoms in total. The van der Waals surface area contributed by atoms with Gasteiger partial charge in [0.05, 0.1) is 0 Å². The van der Waals surface area contributed by atoms with Gasteiger partial charge in [-0.25, -0.2) is 0 Å². The topological polar surface area (TPSA) is 29.5 Å². The zero-order valence-corrected chi connectivity index (χ0v) is 12.5. The number of hydrogen-bond donors (Lipinski definition) is 0. The number of benzene rings is 1. The lowest BCUT2D eigenvalue weighted by Crippen LogP contribution is -2.55. The maximum absolute atomic E-state index is 11.5. The predicted octanol–water partition coefficient (Wildman–Crippen LogP) is 2.60. The summed E-state index contributed by atoms with van der Waals surface area (Å²) in [6.45, 7) is 4.72. The molecule has 3 heteroatoms. The van der Waals surface area contributed by atoms with Crippen molar-refractivity contribution in [2.24, 2.45) is 5.92 Å². The number of piperidine rings is 1. The van der Waals surface area contributed by atoms with Gasteiger partial charge in [-0.15, -0.1) is 0 Å². The van der Waals surface area contributed by atoms with Crippen LogP contribution in [0.3, 0.4) is 0 Å². The van der Waals surface area contributed by atoms with E-state index in [1.165, 1.54) is 18.1 Å². The van der Waals surface area contributed by atoms with Crippen molar-refractivity contribution >= 4 is 5.97 Å². The summed E-state index contributed by atoms with van der Waals surface area (Å²) in [7, 11) is 2.20. The van der Waals surface area contributed by atoms with Gasteiger partial charge in [0.25, 0.3) is 0 Å². The molecule has 0 aromatic heterocycles. The van der Waals surface area contributed by atoms with Gasteiger partial charge in [-0.1, -0.05) is 31.2 Å². The van der Waals surface area contributed by atoms with E-state index >= 15 is 0 Å². The van der Waals surface area contributed by atoms with Crippen LogP contribution in [-0.2, 0) is 16.0 Å². The lowest BCUT2D eigenvalue weighted by molar-refractivity contribution is -0.155. The lowest BCUT2D eigenvalue weighted by Gasteiger charge is -2.49. The van der Waals surface area contributed by atoms with Gasteiger partial charge in [-0.05, 0) is 31.0 Å². The first kappa shape index (κ1) is 13.6. The van der Waals surface area contributed by atoms with E-state index in [4.69, 9.17) is 4.74 Å². The molecule has 0 bridgehead atoms. The minimum absolute atomic E-state index is 0.00940. The molecular weight excluding hydrogens is 250 g/mol. The SMILES string of the molecule is CC(=O)O[C@@H]1[C@@H]2c3ccccc3CC[C@H]2N(C)C[C@H]1C. The number of carbonyl (C=O) groups is 1. The highest BCUT2D eigenvalue weighted by Crippen LogP contribution is 2.43. The molecule has 1 aromatic carbocycles. The van der Waals surface area contributed by atoms with Gasteiger partial charge < -0.3 is 9.64 Å². The van der Waals surface area contributed by atoms with Crippen molar-refractivity contribution in [2.45, 2.75) is 44.8 Å². The molecule has 0 unspecified atom stereocenters. The summed E-state index contributed by atoms with van der Waals surface area (Å²) in [5.74, 6) is 0.530. The molecule has 4 atom stereocenters. The largest absolute Gasteiger partial charge is 0.462 e. The summed E-state index contributed by atoms with van der Waals surface area (Å²) in [6, 6.07) is 9.14. The predicted molar refractivity (Wildman–Crippen MR) is 78.6 cm³/mol. The standard InChI is InChI=1S/C17H23NO2/c1-11-10-18(3)15-9-8-13-6-4-5-7-14(13)16(15)17(11)20-12(2)19/h4-7,11,15-17H,8-10H2,1-3H3/t11-,15-,16-,17+/m1/s1. The fraction of sp³-hybridized carbons (Fsp3) is 0.588. The molecule has 1 aromatic rings. The van der Waals surface area contributed by atoms with Crippen LogP contribution in [-0.4, -0.2) is 36.6 Å². The minimum atomic E-state index is -0.159. The van der Waals surface area contributed by atoms with E-state index in [1.807, 2.05) is 0 Å². The Labute approximate surface area is 120 Å². The first-order valence-corrected chi connectivity index (χ1v) is 7.53. The zero-order chi connectivity index (χ0) is 14.3. The van der Waals surface area contributed by atoms with Gasteiger partial charge in [0.2, 0.25) is 0 Å². The second-order valence-corrected chi connectivity index (χ2v) is 6.32. The first-order chi connectivity index (χ1) is 9.58. The number of fused-ring (bicyclic) bond motifs is 3. The van der Waals surface area contributed by atoms with E-state index in [0.29, 0.717) is 17.9 Å². The fourth-order valence-corrected chi connectivity index (χ4v) is 4.10. The monoisotopic (exact) mass is 273 g/mol. The number of nitrogens with zero attached hydrogens (tertiary/aromatic N) is 1. The summed E-state index contributed by atoms with van der Waals surface area (Å²) < 4.78 is 5.71. The fourth-order valence-electron chi connectivity index (χ4n) is 4.10. The van der Waals surface area contributed by atoms with Crippen molar-refractivity contribution in [3.05, 3.63) is 35.4 Å². The zero-order valence-electron chi connectivity index (χ0n) is 12.5. The van der Waals surface area contributed by atoms with Gasteiger partial charge in [0.1, 0.15) is 6.10 Å². The quantitative estimate of drug-likeness (QED) is 0.737. The molecule has 108 valence electrons. The molecule has 2 aliphatic rings. The van der Waals surface area contributed by atoms with Crippen LogP contribution in [0.2, 0.25) is 0 Å². The third-order valence-electron chi connectivity index (χ3n) is 4.90. The molecule has 1 fully saturated rings. The van der Waals surface area contributed by atoms with E-state index in [9.17, 15) is 4.79 Å². The number of likely N-dealkylation sites (N-methyl/N-ethyl adjacent to an activating group) is 1. The second-order valence-electron chi connectivity index (χ2n) is 6.32. The van der Waals surface area contributed by atoms with E-state index in [-0.39, 0.29) is 12.1 Å². The molecule has 20 heavy (non-hydrogen) atoms. The molecule has 1 aliphatic heterocycles. The Kier molecular flexibility index (Phi) is 3.55. The molecule has 0 N–H and O–H groups in total. The normalized spacial score (nSPS) is 33.1. The number of carbonyl (C=O) groups excluding carboxylic acids is 1. The highest BCUT2D eigenvalue weighted by molar-refractivity contribution is 5.66. The molecule has 0 amide bonds. The van der Waals surface area contributed by atoms with Crippen LogP contribution in [0.25, 0.3) is 0 Å². The molecular formula is C17H23NO2. The van der Waals surface area contributed by atoms with Gasteiger partial charge >= 0.3 is 5.97 Å². The molecule has 1 saturated heterocycles. The van der Waals surface area contributed by atoms with Crippen molar-refractivity contribution in [1.29, 1.82) is 0 Å². The summed E-state index contributed by atoms with van der Waals surface area (Å²) in [4.78, 5) is 13.9. The van der Waals surface area contributed by atoms with Gasteiger partial charge in [0.15, 0.2) is 0 Å². The lowest BCUT2D eigenvalue weighted by atomic mass is 9.70. The average Bonchev–Trinajstić information content (AvgIpc) is 2.42. The number of esters is 1. The van der Waals surface area contributed by atoms with E-state index < -0.39 is 0 Å². The summed E-state index contributed by atoms with van der Waals surface area (Å²) >= 11 is 0.